The second kappa shape index (κ2) is 7.67. The number of ether oxygens (including phenoxy) is 2. The lowest BCUT2D eigenvalue weighted by molar-refractivity contribution is 0.105. The average Bonchev–Trinajstić information content (AvgIpc) is 2.48. The van der Waals surface area contributed by atoms with E-state index < -0.39 is 6.10 Å². The van der Waals surface area contributed by atoms with Gasteiger partial charge < -0.3 is 14.6 Å². The summed E-state index contributed by atoms with van der Waals surface area (Å²) < 4.78 is 12.8. The summed E-state index contributed by atoms with van der Waals surface area (Å²) in [5, 5.41) is 10.8. The Balaban J connectivity index is 2.11. The van der Waals surface area contributed by atoms with Gasteiger partial charge in [-0.25, -0.2) is 0 Å². The molecular formula is C15H13BrClIO3. The molecule has 2 aromatic carbocycles. The summed E-state index contributed by atoms with van der Waals surface area (Å²) in [5.41, 5.74) is 0.645. The molecule has 0 radical (unpaired) electrons. The van der Waals surface area contributed by atoms with Gasteiger partial charge in [-0.1, -0.05) is 23.7 Å². The highest BCUT2D eigenvalue weighted by Crippen LogP contribution is 2.31. The van der Waals surface area contributed by atoms with Crippen molar-refractivity contribution in [3.63, 3.8) is 0 Å². The Morgan fingerprint density at radius 2 is 2.05 bits per heavy atom. The van der Waals surface area contributed by atoms with Crippen molar-refractivity contribution in [2.45, 2.75) is 6.10 Å². The van der Waals surface area contributed by atoms with Gasteiger partial charge in [0.25, 0.3) is 0 Å². The Morgan fingerprint density at radius 3 is 2.76 bits per heavy atom. The van der Waals surface area contributed by atoms with Crippen LogP contribution < -0.4 is 9.47 Å². The molecule has 112 valence electrons. The van der Waals surface area contributed by atoms with E-state index in [1.807, 2.05) is 18.2 Å². The summed E-state index contributed by atoms with van der Waals surface area (Å²) in [4.78, 5) is 0. The normalized spacial score (nSPS) is 12.0. The first kappa shape index (κ1) is 16.9. The quantitative estimate of drug-likeness (QED) is 0.620. The molecule has 0 saturated carbocycles. The molecule has 0 bridgehead atoms. The van der Waals surface area contributed by atoms with Crippen LogP contribution in [0.4, 0.5) is 0 Å². The molecule has 0 fully saturated rings. The topological polar surface area (TPSA) is 38.7 Å². The Hall–Kier alpha value is -0.500. The lowest BCUT2D eigenvalue weighted by Crippen LogP contribution is -2.11. The van der Waals surface area contributed by atoms with Crippen LogP contribution in [0.1, 0.15) is 11.7 Å². The van der Waals surface area contributed by atoms with Crippen molar-refractivity contribution in [2.75, 3.05) is 13.7 Å². The summed E-state index contributed by atoms with van der Waals surface area (Å²) in [5.74, 6) is 1.26. The van der Waals surface area contributed by atoms with Crippen LogP contribution >= 0.6 is 50.1 Å². The van der Waals surface area contributed by atoms with Gasteiger partial charge in [0, 0.05) is 15.1 Å². The lowest BCUT2D eigenvalue weighted by Gasteiger charge is -2.16. The van der Waals surface area contributed by atoms with Gasteiger partial charge in [0.2, 0.25) is 0 Å². The van der Waals surface area contributed by atoms with E-state index in [4.69, 9.17) is 21.1 Å². The van der Waals surface area contributed by atoms with Gasteiger partial charge in [-0.3, -0.25) is 0 Å². The number of hydrogen-bond donors (Lipinski definition) is 1. The van der Waals surface area contributed by atoms with Crippen LogP contribution in [0.5, 0.6) is 11.5 Å². The van der Waals surface area contributed by atoms with E-state index in [1.165, 1.54) is 0 Å². The van der Waals surface area contributed by atoms with E-state index in [2.05, 4.69) is 38.5 Å². The number of aliphatic hydroxyl groups excluding tert-OH is 1. The molecule has 0 spiro atoms. The monoisotopic (exact) mass is 482 g/mol. The highest BCUT2D eigenvalue weighted by Gasteiger charge is 2.15. The van der Waals surface area contributed by atoms with Crippen molar-refractivity contribution in [1.82, 2.24) is 0 Å². The third kappa shape index (κ3) is 4.25. The van der Waals surface area contributed by atoms with E-state index in [0.717, 1.165) is 13.8 Å². The highest BCUT2D eigenvalue weighted by molar-refractivity contribution is 14.1. The zero-order valence-electron chi connectivity index (χ0n) is 11.1. The minimum Gasteiger partial charge on any atom is -0.496 e. The van der Waals surface area contributed by atoms with Crippen molar-refractivity contribution in [1.29, 1.82) is 0 Å². The Kier molecular flexibility index (Phi) is 6.16. The first-order chi connectivity index (χ1) is 10.0. The minimum absolute atomic E-state index is 0.129. The molecule has 2 aromatic rings. The van der Waals surface area contributed by atoms with Gasteiger partial charge in [-0.05, 0) is 62.8 Å². The summed E-state index contributed by atoms with van der Waals surface area (Å²) in [7, 11) is 1.54. The number of benzene rings is 2. The van der Waals surface area contributed by atoms with Crippen LogP contribution in [-0.2, 0) is 0 Å². The maximum Gasteiger partial charge on any atom is 0.133 e. The zero-order chi connectivity index (χ0) is 15.4. The Morgan fingerprint density at radius 1 is 1.29 bits per heavy atom. The molecule has 0 aliphatic rings. The number of methoxy groups -OCH3 is 1. The molecule has 3 nitrogen and oxygen atoms in total. The maximum atomic E-state index is 10.3. The fourth-order valence-electron chi connectivity index (χ4n) is 1.81. The molecule has 1 atom stereocenters. The lowest BCUT2D eigenvalue weighted by atomic mass is 10.1. The summed E-state index contributed by atoms with van der Waals surface area (Å²) >= 11 is 11.5. The van der Waals surface area contributed by atoms with Crippen molar-refractivity contribution < 1.29 is 14.6 Å². The van der Waals surface area contributed by atoms with Crippen molar-refractivity contribution >= 4 is 50.1 Å². The number of halogens is 3. The molecular weight excluding hydrogens is 470 g/mol. The molecule has 0 saturated heterocycles. The fourth-order valence-corrected chi connectivity index (χ4v) is 2.84. The minimum atomic E-state index is -0.799. The molecule has 0 aromatic heterocycles. The van der Waals surface area contributed by atoms with Gasteiger partial charge in [-0.15, -0.1) is 0 Å². The van der Waals surface area contributed by atoms with Crippen molar-refractivity contribution in [3.05, 3.63) is 55.0 Å². The molecule has 0 amide bonds. The van der Waals surface area contributed by atoms with Crippen molar-refractivity contribution in [2.24, 2.45) is 0 Å². The van der Waals surface area contributed by atoms with Crippen LogP contribution in [0, 0.1) is 3.57 Å². The van der Waals surface area contributed by atoms with Gasteiger partial charge in [-0.2, -0.15) is 0 Å². The largest absolute Gasteiger partial charge is 0.496 e. The highest BCUT2D eigenvalue weighted by atomic mass is 127. The molecule has 1 N–H and O–H groups in total. The van der Waals surface area contributed by atoms with E-state index in [-0.39, 0.29) is 6.61 Å². The van der Waals surface area contributed by atoms with Gasteiger partial charge in [0.15, 0.2) is 0 Å². The fraction of sp³-hybridized carbons (Fsp3) is 0.200. The molecule has 2 rings (SSSR count). The van der Waals surface area contributed by atoms with Gasteiger partial charge in [0.1, 0.15) is 24.2 Å². The molecule has 0 aliphatic carbocycles. The SMILES string of the molecule is COc1cc(Cl)ccc1C(O)COc1cccc(Br)c1I. The van der Waals surface area contributed by atoms with Crippen LogP contribution in [0.15, 0.2) is 40.9 Å². The van der Waals surface area contributed by atoms with E-state index in [1.54, 1.807) is 25.3 Å². The van der Waals surface area contributed by atoms with E-state index >= 15 is 0 Å². The van der Waals surface area contributed by atoms with Crippen molar-refractivity contribution in [3.8, 4) is 11.5 Å². The van der Waals surface area contributed by atoms with Crippen LogP contribution in [0.3, 0.4) is 0 Å². The molecule has 0 heterocycles. The number of hydrogen-bond acceptors (Lipinski definition) is 3. The Labute approximate surface area is 150 Å². The number of aliphatic hydroxyl groups is 1. The van der Waals surface area contributed by atoms with Gasteiger partial charge in [0.05, 0.1) is 10.7 Å². The number of rotatable bonds is 5. The standard InChI is InChI=1S/C15H13BrClIO3/c1-20-14-7-9(17)5-6-10(14)12(19)8-21-13-4-2-3-11(16)15(13)18/h2-7,12,19H,8H2,1H3. The molecule has 1 unspecified atom stereocenters. The van der Waals surface area contributed by atoms with Crippen LogP contribution in [-0.4, -0.2) is 18.8 Å². The summed E-state index contributed by atoms with van der Waals surface area (Å²) in [6.45, 7) is 0.129. The van der Waals surface area contributed by atoms with Crippen LogP contribution in [0.25, 0.3) is 0 Å². The van der Waals surface area contributed by atoms with Crippen LogP contribution in [0.2, 0.25) is 5.02 Å². The first-order valence-electron chi connectivity index (χ1n) is 6.11. The van der Waals surface area contributed by atoms with E-state index in [0.29, 0.717) is 16.3 Å². The molecule has 21 heavy (non-hydrogen) atoms. The second-order valence-electron chi connectivity index (χ2n) is 4.27. The Bertz CT molecular complexity index is 636. The molecule has 0 aliphatic heterocycles. The third-order valence-electron chi connectivity index (χ3n) is 2.87. The average molecular weight is 484 g/mol. The first-order valence-corrected chi connectivity index (χ1v) is 8.36. The summed E-state index contributed by atoms with van der Waals surface area (Å²) in [6, 6.07) is 10.8. The smallest absolute Gasteiger partial charge is 0.133 e. The third-order valence-corrected chi connectivity index (χ3v) is 5.62. The predicted octanol–water partition coefficient (Wildman–Crippen LogP) is 4.83. The molecule has 6 heteroatoms. The predicted molar refractivity (Wildman–Crippen MR) is 95.3 cm³/mol. The van der Waals surface area contributed by atoms with E-state index in [9.17, 15) is 5.11 Å². The second-order valence-corrected chi connectivity index (χ2v) is 6.63. The summed E-state index contributed by atoms with van der Waals surface area (Å²) in [6.07, 6.45) is -0.799. The van der Waals surface area contributed by atoms with Gasteiger partial charge >= 0.3 is 0 Å². The maximum absolute atomic E-state index is 10.3. The zero-order valence-corrected chi connectivity index (χ0v) is 15.6.